The molecule has 1 aromatic rings. The highest BCUT2D eigenvalue weighted by Crippen LogP contribution is 2.20. The van der Waals surface area contributed by atoms with Crippen molar-refractivity contribution in [3.8, 4) is 0 Å². The first-order valence-electron chi connectivity index (χ1n) is 5.59. The zero-order chi connectivity index (χ0) is 13.1. The maximum Gasteiger partial charge on any atom is 0.127 e. The van der Waals surface area contributed by atoms with Crippen LogP contribution in [0.15, 0.2) is 22.7 Å². The number of nitrogens with two attached hydrogens (primary N) is 1. The van der Waals surface area contributed by atoms with Crippen LogP contribution in [0.2, 0.25) is 0 Å². The maximum atomic E-state index is 13.6. The minimum absolute atomic E-state index is 0.111. The van der Waals surface area contributed by atoms with E-state index in [2.05, 4.69) is 15.9 Å². The van der Waals surface area contributed by atoms with Crippen LogP contribution in [0, 0.1) is 5.82 Å². The molecule has 0 radical (unpaired) electrons. The summed E-state index contributed by atoms with van der Waals surface area (Å²) in [4.78, 5) is 0. The topological polar surface area (TPSA) is 35.2 Å². The van der Waals surface area contributed by atoms with Gasteiger partial charge >= 0.3 is 0 Å². The minimum atomic E-state index is -0.273. The van der Waals surface area contributed by atoms with E-state index in [0.717, 1.165) is 4.47 Å². The number of hydrogen-bond donors (Lipinski definition) is 1. The average Bonchev–Trinajstić information content (AvgIpc) is 2.21. The van der Waals surface area contributed by atoms with Gasteiger partial charge in [-0.1, -0.05) is 22.0 Å². The van der Waals surface area contributed by atoms with Gasteiger partial charge in [-0.25, -0.2) is 4.39 Å². The second-order valence-electron chi connectivity index (χ2n) is 4.87. The standard InChI is InChI=1S/C13H19BrFNO/c1-13(2,17-3)8-11(16)6-9-4-5-10(14)7-12(9)15/h4-5,7,11H,6,8,16H2,1-3H3. The summed E-state index contributed by atoms with van der Waals surface area (Å²) in [6.07, 6.45) is 1.21. The van der Waals surface area contributed by atoms with E-state index in [1.54, 1.807) is 13.2 Å². The van der Waals surface area contributed by atoms with Crippen LogP contribution in [0.4, 0.5) is 4.39 Å². The number of halogens is 2. The van der Waals surface area contributed by atoms with E-state index < -0.39 is 0 Å². The zero-order valence-electron chi connectivity index (χ0n) is 10.5. The van der Waals surface area contributed by atoms with Gasteiger partial charge in [0.2, 0.25) is 0 Å². The lowest BCUT2D eigenvalue weighted by Crippen LogP contribution is -2.35. The fourth-order valence-corrected chi connectivity index (χ4v) is 2.09. The van der Waals surface area contributed by atoms with E-state index in [1.807, 2.05) is 19.9 Å². The first-order valence-corrected chi connectivity index (χ1v) is 6.38. The molecule has 96 valence electrons. The molecule has 0 aliphatic carbocycles. The lowest BCUT2D eigenvalue weighted by Gasteiger charge is -2.26. The van der Waals surface area contributed by atoms with Crippen molar-refractivity contribution in [2.45, 2.75) is 38.3 Å². The van der Waals surface area contributed by atoms with Gasteiger partial charge in [0.25, 0.3) is 0 Å². The third kappa shape index (κ3) is 4.74. The van der Waals surface area contributed by atoms with Crippen molar-refractivity contribution in [3.05, 3.63) is 34.1 Å². The van der Waals surface area contributed by atoms with Crippen LogP contribution in [-0.4, -0.2) is 18.8 Å². The Bertz CT molecular complexity index is 382. The molecule has 1 rings (SSSR count). The Hall–Kier alpha value is -0.450. The highest BCUT2D eigenvalue weighted by Gasteiger charge is 2.21. The molecule has 0 amide bonds. The molecule has 0 saturated heterocycles. The summed E-state index contributed by atoms with van der Waals surface area (Å²) in [5, 5.41) is 0. The molecule has 0 aliphatic rings. The van der Waals surface area contributed by atoms with Crippen molar-refractivity contribution in [1.82, 2.24) is 0 Å². The molecular weight excluding hydrogens is 285 g/mol. The smallest absolute Gasteiger partial charge is 0.127 e. The van der Waals surface area contributed by atoms with Gasteiger partial charge in [-0.2, -0.15) is 0 Å². The molecule has 0 fully saturated rings. The van der Waals surface area contributed by atoms with Crippen molar-refractivity contribution in [3.63, 3.8) is 0 Å². The molecule has 0 aromatic heterocycles. The Morgan fingerprint density at radius 1 is 1.47 bits per heavy atom. The highest BCUT2D eigenvalue weighted by molar-refractivity contribution is 9.10. The van der Waals surface area contributed by atoms with Crippen LogP contribution in [0.3, 0.4) is 0 Å². The van der Waals surface area contributed by atoms with Gasteiger partial charge < -0.3 is 10.5 Å². The summed E-state index contributed by atoms with van der Waals surface area (Å²) in [7, 11) is 1.66. The van der Waals surface area contributed by atoms with Gasteiger partial charge in [0.1, 0.15) is 5.82 Å². The summed E-state index contributed by atoms with van der Waals surface area (Å²) in [6, 6.07) is 4.94. The SMILES string of the molecule is COC(C)(C)CC(N)Cc1ccc(Br)cc1F. The van der Waals surface area contributed by atoms with Crippen molar-refractivity contribution >= 4 is 15.9 Å². The molecule has 4 heteroatoms. The molecule has 0 bridgehead atoms. The van der Waals surface area contributed by atoms with Gasteiger partial charge in [-0.3, -0.25) is 0 Å². The van der Waals surface area contributed by atoms with Crippen molar-refractivity contribution < 1.29 is 9.13 Å². The molecule has 1 aromatic carbocycles. The number of benzene rings is 1. The third-order valence-electron chi connectivity index (χ3n) is 2.80. The third-order valence-corrected chi connectivity index (χ3v) is 3.30. The molecule has 2 N–H and O–H groups in total. The predicted molar refractivity (Wildman–Crippen MR) is 71.5 cm³/mol. The molecule has 1 atom stereocenters. The first kappa shape index (κ1) is 14.6. The Morgan fingerprint density at radius 3 is 2.65 bits per heavy atom. The molecule has 0 heterocycles. The normalized spacial score (nSPS) is 13.8. The quantitative estimate of drug-likeness (QED) is 0.906. The Kier molecular flexibility index (Phi) is 5.10. The monoisotopic (exact) mass is 303 g/mol. The summed E-state index contributed by atoms with van der Waals surface area (Å²) in [5.41, 5.74) is 6.39. The van der Waals surface area contributed by atoms with E-state index in [-0.39, 0.29) is 17.5 Å². The minimum Gasteiger partial charge on any atom is -0.379 e. The second-order valence-corrected chi connectivity index (χ2v) is 5.78. The number of ether oxygens (including phenoxy) is 1. The lowest BCUT2D eigenvalue weighted by molar-refractivity contribution is 0.0101. The van der Waals surface area contributed by atoms with E-state index >= 15 is 0 Å². The molecule has 0 spiro atoms. The average molecular weight is 304 g/mol. The van der Waals surface area contributed by atoms with Crippen LogP contribution in [0.25, 0.3) is 0 Å². The van der Waals surface area contributed by atoms with Crippen LogP contribution in [0.5, 0.6) is 0 Å². The highest BCUT2D eigenvalue weighted by atomic mass is 79.9. The van der Waals surface area contributed by atoms with Gasteiger partial charge in [0, 0.05) is 17.6 Å². The van der Waals surface area contributed by atoms with Crippen LogP contribution in [0.1, 0.15) is 25.8 Å². The van der Waals surface area contributed by atoms with Gasteiger partial charge in [0.05, 0.1) is 5.60 Å². The lowest BCUT2D eigenvalue weighted by atomic mass is 9.94. The zero-order valence-corrected chi connectivity index (χ0v) is 12.1. The van der Waals surface area contributed by atoms with Crippen molar-refractivity contribution in [2.24, 2.45) is 5.73 Å². The van der Waals surface area contributed by atoms with Gasteiger partial charge in [0.15, 0.2) is 0 Å². The maximum absolute atomic E-state index is 13.6. The molecule has 0 aliphatic heterocycles. The number of methoxy groups -OCH3 is 1. The Labute approximate surface area is 110 Å². The molecule has 1 unspecified atom stereocenters. The van der Waals surface area contributed by atoms with Crippen molar-refractivity contribution in [1.29, 1.82) is 0 Å². The first-order chi connectivity index (χ1) is 7.84. The van der Waals surface area contributed by atoms with Crippen LogP contribution in [-0.2, 0) is 11.2 Å². The summed E-state index contributed by atoms with van der Waals surface area (Å²) in [6.45, 7) is 3.95. The van der Waals surface area contributed by atoms with Crippen LogP contribution < -0.4 is 5.73 Å². The fourth-order valence-electron chi connectivity index (χ4n) is 1.76. The summed E-state index contributed by atoms with van der Waals surface area (Å²) >= 11 is 3.23. The summed E-state index contributed by atoms with van der Waals surface area (Å²) in [5.74, 6) is -0.218. The summed E-state index contributed by atoms with van der Waals surface area (Å²) < 4.78 is 19.7. The van der Waals surface area contributed by atoms with E-state index in [0.29, 0.717) is 18.4 Å². The largest absolute Gasteiger partial charge is 0.379 e. The van der Waals surface area contributed by atoms with Crippen molar-refractivity contribution in [2.75, 3.05) is 7.11 Å². The number of rotatable bonds is 5. The molecule has 2 nitrogen and oxygen atoms in total. The second kappa shape index (κ2) is 5.94. The van der Waals surface area contributed by atoms with E-state index in [4.69, 9.17) is 10.5 Å². The number of hydrogen-bond acceptors (Lipinski definition) is 2. The van der Waals surface area contributed by atoms with E-state index in [9.17, 15) is 4.39 Å². The Morgan fingerprint density at radius 2 is 2.12 bits per heavy atom. The predicted octanol–water partition coefficient (Wildman–Crippen LogP) is 3.27. The molecule has 0 saturated carbocycles. The van der Waals surface area contributed by atoms with Gasteiger partial charge in [-0.15, -0.1) is 0 Å². The fraction of sp³-hybridized carbons (Fsp3) is 0.538. The molecule has 17 heavy (non-hydrogen) atoms. The molecular formula is C13H19BrFNO. The van der Waals surface area contributed by atoms with Crippen LogP contribution >= 0.6 is 15.9 Å². The Balaban J connectivity index is 2.65. The van der Waals surface area contributed by atoms with E-state index in [1.165, 1.54) is 6.07 Å². The van der Waals surface area contributed by atoms with Gasteiger partial charge in [-0.05, 0) is 44.4 Å².